The Balaban J connectivity index is 1.59. The van der Waals surface area contributed by atoms with E-state index in [0.717, 1.165) is 32.7 Å². The molecular formula is C18H21N2. The molecule has 1 saturated heterocycles. The monoisotopic (exact) mass is 265 g/mol. The molecule has 20 heavy (non-hydrogen) atoms. The molecule has 0 saturated carbocycles. The first-order valence-electron chi connectivity index (χ1n) is 7.31. The lowest BCUT2D eigenvalue weighted by atomic mass is 10.1. The lowest BCUT2D eigenvalue weighted by Gasteiger charge is -2.36. The Labute approximate surface area is 121 Å². The van der Waals surface area contributed by atoms with Crippen LogP contribution in [0.3, 0.4) is 0 Å². The fourth-order valence-electron chi connectivity index (χ4n) is 2.85. The lowest BCUT2D eigenvalue weighted by Crippen LogP contribution is -2.46. The van der Waals surface area contributed by atoms with Crippen molar-refractivity contribution >= 4 is 5.69 Å². The fraction of sp³-hybridized carbons (Fsp3) is 0.333. The van der Waals surface area contributed by atoms with Crippen LogP contribution in [-0.4, -0.2) is 31.1 Å². The molecule has 2 aromatic carbocycles. The van der Waals surface area contributed by atoms with Crippen LogP contribution < -0.4 is 4.90 Å². The quantitative estimate of drug-likeness (QED) is 0.841. The zero-order valence-electron chi connectivity index (χ0n) is 12.0. The predicted octanol–water partition coefficient (Wildman–Crippen LogP) is 3.12. The van der Waals surface area contributed by atoms with Gasteiger partial charge in [-0.15, -0.1) is 0 Å². The maximum absolute atomic E-state index is 3.14. The van der Waals surface area contributed by atoms with E-state index in [1.807, 2.05) is 6.07 Å². The Morgan fingerprint density at radius 1 is 1.00 bits per heavy atom. The van der Waals surface area contributed by atoms with Gasteiger partial charge in [0.1, 0.15) is 0 Å². The van der Waals surface area contributed by atoms with Crippen molar-refractivity contribution in [2.75, 3.05) is 31.1 Å². The van der Waals surface area contributed by atoms with E-state index in [1.165, 1.54) is 16.8 Å². The summed E-state index contributed by atoms with van der Waals surface area (Å²) < 4.78 is 0. The summed E-state index contributed by atoms with van der Waals surface area (Å²) in [6, 6.07) is 20.2. The summed E-state index contributed by atoms with van der Waals surface area (Å²) in [5.74, 6) is 0. The van der Waals surface area contributed by atoms with Crippen molar-refractivity contribution in [1.82, 2.24) is 4.90 Å². The zero-order valence-corrected chi connectivity index (χ0v) is 12.0. The molecule has 0 N–H and O–H groups in total. The van der Waals surface area contributed by atoms with E-state index in [0.29, 0.717) is 0 Å². The number of rotatable bonds is 3. The van der Waals surface area contributed by atoms with E-state index < -0.39 is 0 Å². The normalized spacial score (nSPS) is 16.4. The summed E-state index contributed by atoms with van der Waals surface area (Å²) in [4.78, 5) is 5.03. The zero-order chi connectivity index (χ0) is 13.8. The third-order valence-electron chi connectivity index (χ3n) is 4.00. The molecule has 3 rings (SSSR count). The Morgan fingerprint density at radius 3 is 2.45 bits per heavy atom. The number of aryl methyl sites for hydroxylation is 1. The highest BCUT2D eigenvalue weighted by molar-refractivity contribution is 5.53. The molecule has 0 aliphatic carbocycles. The van der Waals surface area contributed by atoms with Crippen LogP contribution in [0.4, 0.5) is 5.69 Å². The van der Waals surface area contributed by atoms with Gasteiger partial charge >= 0.3 is 0 Å². The van der Waals surface area contributed by atoms with Crippen molar-refractivity contribution in [3.05, 3.63) is 65.7 Å². The third kappa shape index (κ3) is 3.02. The number of anilines is 1. The summed E-state index contributed by atoms with van der Waals surface area (Å²) in [6.45, 7) is 7.72. The van der Waals surface area contributed by atoms with Crippen LogP contribution in [0.25, 0.3) is 0 Å². The van der Waals surface area contributed by atoms with Crippen LogP contribution in [0, 0.1) is 13.0 Å². The molecule has 0 spiro atoms. The van der Waals surface area contributed by atoms with E-state index in [4.69, 9.17) is 0 Å². The first-order valence-corrected chi connectivity index (χ1v) is 7.31. The van der Waals surface area contributed by atoms with Crippen molar-refractivity contribution in [2.24, 2.45) is 0 Å². The average molecular weight is 265 g/mol. The minimum Gasteiger partial charge on any atom is -0.369 e. The minimum atomic E-state index is 1.07. The van der Waals surface area contributed by atoms with Crippen LogP contribution in [0.2, 0.25) is 0 Å². The fourth-order valence-corrected chi connectivity index (χ4v) is 2.85. The Bertz CT molecular complexity index is 542. The van der Waals surface area contributed by atoms with Crippen LogP contribution in [0.5, 0.6) is 0 Å². The largest absolute Gasteiger partial charge is 0.369 e. The Kier molecular flexibility index (Phi) is 4.03. The topological polar surface area (TPSA) is 6.48 Å². The number of hydrogen-bond donors (Lipinski definition) is 0. The molecule has 1 aliphatic rings. The standard InChI is InChI=1S/C18H21N2/c1-16-7-5-6-10-18(16)20-13-11-19(12-14-20)15-17-8-3-2-4-9-17/h2-4,6-10H,11-15H2,1H3. The van der Waals surface area contributed by atoms with E-state index in [2.05, 4.69) is 65.3 Å². The molecule has 103 valence electrons. The second-order valence-electron chi connectivity index (χ2n) is 5.46. The van der Waals surface area contributed by atoms with Crippen molar-refractivity contribution < 1.29 is 0 Å². The van der Waals surface area contributed by atoms with Crippen LogP contribution in [0.1, 0.15) is 11.1 Å². The van der Waals surface area contributed by atoms with Gasteiger partial charge in [-0.2, -0.15) is 0 Å². The van der Waals surface area contributed by atoms with Gasteiger partial charge < -0.3 is 4.90 Å². The highest BCUT2D eigenvalue weighted by Gasteiger charge is 2.18. The maximum atomic E-state index is 3.14. The summed E-state index contributed by atoms with van der Waals surface area (Å²) >= 11 is 0. The summed E-state index contributed by atoms with van der Waals surface area (Å²) in [7, 11) is 0. The molecule has 0 bridgehead atoms. The van der Waals surface area contributed by atoms with Gasteiger partial charge in [0.25, 0.3) is 0 Å². The van der Waals surface area contributed by atoms with Crippen molar-refractivity contribution in [3.8, 4) is 0 Å². The van der Waals surface area contributed by atoms with Gasteiger partial charge in [-0.25, -0.2) is 0 Å². The van der Waals surface area contributed by atoms with Crippen LogP contribution in [-0.2, 0) is 6.54 Å². The Hall–Kier alpha value is -1.80. The summed E-state index contributed by atoms with van der Waals surface area (Å²) in [5.41, 5.74) is 4.10. The van der Waals surface area contributed by atoms with Gasteiger partial charge in [-0.1, -0.05) is 36.4 Å². The molecule has 0 unspecified atom stereocenters. The van der Waals surface area contributed by atoms with Crippen LogP contribution >= 0.6 is 0 Å². The van der Waals surface area contributed by atoms with Crippen molar-refractivity contribution in [1.29, 1.82) is 0 Å². The van der Waals surface area contributed by atoms with E-state index in [-0.39, 0.29) is 0 Å². The van der Waals surface area contributed by atoms with Crippen LogP contribution in [0.15, 0.2) is 48.5 Å². The smallest absolute Gasteiger partial charge is 0.0397 e. The number of nitrogens with zero attached hydrogens (tertiary/aromatic N) is 2. The minimum absolute atomic E-state index is 1.07. The Morgan fingerprint density at radius 2 is 1.75 bits per heavy atom. The van der Waals surface area contributed by atoms with Crippen molar-refractivity contribution in [2.45, 2.75) is 13.5 Å². The summed E-state index contributed by atoms with van der Waals surface area (Å²) in [5, 5.41) is 0. The number of hydrogen-bond acceptors (Lipinski definition) is 2. The highest BCUT2D eigenvalue weighted by atomic mass is 15.3. The molecule has 0 atom stereocenters. The molecule has 1 fully saturated rings. The SMILES string of the molecule is Cc1c[c]ccc1N1CCN(Cc2ccccc2)CC1. The third-order valence-corrected chi connectivity index (χ3v) is 4.00. The molecule has 1 aliphatic heterocycles. The molecule has 1 heterocycles. The molecule has 2 aromatic rings. The first-order chi connectivity index (χ1) is 9.83. The van der Waals surface area contributed by atoms with Gasteiger partial charge in [0, 0.05) is 38.4 Å². The second-order valence-corrected chi connectivity index (χ2v) is 5.46. The molecule has 2 heteroatoms. The second kappa shape index (κ2) is 6.10. The molecule has 0 aromatic heterocycles. The number of benzene rings is 2. The van der Waals surface area contributed by atoms with Crippen molar-refractivity contribution in [3.63, 3.8) is 0 Å². The number of piperazine rings is 1. The van der Waals surface area contributed by atoms with Gasteiger partial charge in [-0.05, 0) is 36.2 Å². The van der Waals surface area contributed by atoms with E-state index in [1.54, 1.807) is 0 Å². The van der Waals surface area contributed by atoms with Gasteiger partial charge in [0.2, 0.25) is 0 Å². The lowest BCUT2D eigenvalue weighted by molar-refractivity contribution is 0.250. The van der Waals surface area contributed by atoms with Gasteiger partial charge in [0.05, 0.1) is 0 Å². The van der Waals surface area contributed by atoms with Gasteiger partial charge in [-0.3, -0.25) is 4.90 Å². The van der Waals surface area contributed by atoms with E-state index in [9.17, 15) is 0 Å². The predicted molar refractivity (Wildman–Crippen MR) is 83.9 cm³/mol. The molecule has 2 nitrogen and oxygen atoms in total. The summed E-state index contributed by atoms with van der Waals surface area (Å²) in [6.07, 6.45) is 0. The molecule has 0 amide bonds. The molecule has 1 radical (unpaired) electrons. The first kappa shape index (κ1) is 13.2. The average Bonchev–Trinajstić information content (AvgIpc) is 2.50. The maximum Gasteiger partial charge on any atom is 0.0397 e. The van der Waals surface area contributed by atoms with E-state index >= 15 is 0 Å². The molecular weight excluding hydrogens is 244 g/mol. The highest BCUT2D eigenvalue weighted by Crippen LogP contribution is 2.21. The van der Waals surface area contributed by atoms with Gasteiger partial charge in [0.15, 0.2) is 0 Å².